The van der Waals surface area contributed by atoms with E-state index in [2.05, 4.69) is 4.98 Å². The number of aromatic nitrogens is 1. The van der Waals surface area contributed by atoms with Crippen molar-refractivity contribution in [3.63, 3.8) is 0 Å². The van der Waals surface area contributed by atoms with Crippen LogP contribution in [0.15, 0.2) is 23.4 Å². The highest BCUT2D eigenvalue weighted by Crippen LogP contribution is 2.10. The zero-order valence-electron chi connectivity index (χ0n) is 6.89. The summed E-state index contributed by atoms with van der Waals surface area (Å²) in [4.78, 5) is 5.68. The third-order valence-corrected chi connectivity index (χ3v) is 2.02. The summed E-state index contributed by atoms with van der Waals surface area (Å²) in [6.45, 7) is 0. The molecular weight excluding hydrogens is 176 g/mol. The second kappa shape index (κ2) is 3.64. The molecule has 0 spiro atoms. The molecule has 1 unspecified atom stereocenters. The van der Waals surface area contributed by atoms with Crippen LogP contribution in [0.1, 0.15) is 0 Å². The van der Waals surface area contributed by atoms with Crippen LogP contribution < -0.4 is 4.90 Å². The standard InChI is InChI=1S/C7H10N2O2S/c1-9(2)6-3-4-7(8-5-6)12(10)11/h3-5H,1-2H3,(H,10,11). The fourth-order valence-corrected chi connectivity index (χ4v) is 1.07. The van der Waals surface area contributed by atoms with Crippen molar-refractivity contribution in [2.45, 2.75) is 5.03 Å². The number of hydrogen-bond donors (Lipinski definition) is 1. The van der Waals surface area contributed by atoms with Crippen LogP contribution in [-0.4, -0.2) is 27.8 Å². The van der Waals surface area contributed by atoms with Gasteiger partial charge >= 0.3 is 0 Å². The molecular formula is C7H10N2O2S. The van der Waals surface area contributed by atoms with E-state index in [0.717, 1.165) is 5.69 Å². The SMILES string of the molecule is CN(C)c1ccc(S(=O)O)nc1. The van der Waals surface area contributed by atoms with Gasteiger partial charge in [-0.2, -0.15) is 0 Å². The first-order valence-corrected chi connectivity index (χ1v) is 4.46. The van der Waals surface area contributed by atoms with Crippen molar-refractivity contribution in [3.05, 3.63) is 18.3 Å². The lowest BCUT2D eigenvalue weighted by atomic mass is 10.4. The summed E-state index contributed by atoms with van der Waals surface area (Å²) in [6, 6.07) is 3.28. The van der Waals surface area contributed by atoms with E-state index in [1.807, 2.05) is 19.0 Å². The quantitative estimate of drug-likeness (QED) is 0.692. The predicted octanol–water partition coefficient (Wildman–Crippen LogP) is 0.728. The molecule has 0 bridgehead atoms. The Labute approximate surface area is 73.5 Å². The summed E-state index contributed by atoms with van der Waals surface area (Å²) in [6.07, 6.45) is 1.56. The lowest BCUT2D eigenvalue weighted by molar-refractivity contribution is 0.560. The van der Waals surface area contributed by atoms with E-state index in [-0.39, 0.29) is 5.03 Å². The molecule has 1 aromatic heterocycles. The van der Waals surface area contributed by atoms with Gasteiger partial charge < -0.3 is 9.45 Å². The Morgan fingerprint density at radius 1 is 1.50 bits per heavy atom. The molecule has 0 aromatic carbocycles. The molecule has 1 rings (SSSR count). The molecule has 0 radical (unpaired) electrons. The monoisotopic (exact) mass is 186 g/mol. The summed E-state index contributed by atoms with van der Waals surface area (Å²) >= 11 is -1.98. The fraction of sp³-hybridized carbons (Fsp3) is 0.286. The van der Waals surface area contributed by atoms with Crippen molar-refractivity contribution in [2.75, 3.05) is 19.0 Å². The largest absolute Gasteiger partial charge is 0.376 e. The molecule has 1 heterocycles. The van der Waals surface area contributed by atoms with Gasteiger partial charge in [-0.25, -0.2) is 9.19 Å². The average Bonchev–Trinajstić information content (AvgIpc) is 2.04. The maximum Gasteiger partial charge on any atom is 0.205 e. The van der Waals surface area contributed by atoms with Crippen LogP contribution in [-0.2, 0) is 11.1 Å². The van der Waals surface area contributed by atoms with Gasteiger partial charge in [0.05, 0.1) is 11.9 Å². The van der Waals surface area contributed by atoms with Gasteiger partial charge in [0.25, 0.3) is 0 Å². The first kappa shape index (κ1) is 9.15. The second-order valence-corrected chi connectivity index (χ2v) is 3.41. The van der Waals surface area contributed by atoms with Crippen LogP contribution >= 0.6 is 0 Å². The van der Waals surface area contributed by atoms with Crippen LogP contribution in [0.5, 0.6) is 0 Å². The summed E-state index contributed by atoms with van der Waals surface area (Å²) in [7, 11) is 3.76. The van der Waals surface area contributed by atoms with Crippen molar-refractivity contribution in [2.24, 2.45) is 0 Å². The van der Waals surface area contributed by atoms with E-state index in [1.165, 1.54) is 6.07 Å². The molecule has 0 aliphatic heterocycles. The fourth-order valence-electron chi connectivity index (χ4n) is 0.740. The highest BCUT2D eigenvalue weighted by molar-refractivity contribution is 7.79. The number of hydrogen-bond acceptors (Lipinski definition) is 3. The van der Waals surface area contributed by atoms with Crippen molar-refractivity contribution < 1.29 is 8.76 Å². The topological polar surface area (TPSA) is 53.4 Å². The highest BCUT2D eigenvalue weighted by Gasteiger charge is 2.01. The highest BCUT2D eigenvalue weighted by atomic mass is 32.2. The molecule has 1 aromatic rings. The van der Waals surface area contributed by atoms with Gasteiger partial charge in [-0.05, 0) is 12.1 Å². The molecule has 4 nitrogen and oxygen atoms in total. The maximum atomic E-state index is 10.5. The van der Waals surface area contributed by atoms with Gasteiger partial charge in [-0.15, -0.1) is 0 Å². The number of nitrogens with zero attached hydrogens (tertiary/aromatic N) is 2. The summed E-state index contributed by atoms with van der Waals surface area (Å²) in [5, 5.41) is 0.181. The Kier molecular flexibility index (Phi) is 2.78. The Morgan fingerprint density at radius 3 is 2.50 bits per heavy atom. The van der Waals surface area contributed by atoms with E-state index in [0.29, 0.717) is 0 Å². The Bertz CT molecular complexity index is 284. The van der Waals surface area contributed by atoms with Gasteiger partial charge in [-0.3, -0.25) is 0 Å². The zero-order valence-corrected chi connectivity index (χ0v) is 7.71. The molecule has 5 heteroatoms. The van der Waals surface area contributed by atoms with E-state index in [4.69, 9.17) is 4.55 Å². The molecule has 1 atom stereocenters. The lowest BCUT2D eigenvalue weighted by Crippen LogP contribution is -2.09. The zero-order chi connectivity index (χ0) is 9.14. The van der Waals surface area contributed by atoms with E-state index < -0.39 is 11.1 Å². The van der Waals surface area contributed by atoms with Crippen molar-refractivity contribution in [1.82, 2.24) is 4.98 Å². The smallest absolute Gasteiger partial charge is 0.205 e. The molecule has 0 aliphatic carbocycles. The molecule has 0 saturated carbocycles. The van der Waals surface area contributed by atoms with Crippen LogP contribution in [0.2, 0.25) is 0 Å². The first-order chi connectivity index (χ1) is 5.61. The molecule has 12 heavy (non-hydrogen) atoms. The van der Waals surface area contributed by atoms with Gasteiger partial charge in [-0.1, -0.05) is 0 Å². The maximum absolute atomic E-state index is 10.5. The van der Waals surface area contributed by atoms with Gasteiger partial charge in [0, 0.05) is 14.1 Å². The molecule has 0 saturated heterocycles. The minimum Gasteiger partial charge on any atom is -0.376 e. The number of pyridine rings is 1. The predicted molar refractivity (Wildman–Crippen MR) is 47.6 cm³/mol. The molecule has 0 amide bonds. The van der Waals surface area contributed by atoms with Crippen molar-refractivity contribution in [1.29, 1.82) is 0 Å². The number of anilines is 1. The van der Waals surface area contributed by atoms with Gasteiger partial charge in [0.1, 0.15) is 0 Å². The average molecular weight is 186 g/mol. The Hall–Kier alpha value is -0.940. The molecule has 0 fully saturated rings. The molecule has 0 aliphatic rings. The third kappa shape index (κ3) is 2.02. The van der Waals surface area contributed by atoms with Gasteiger partial charge in [0.2, 0.25) is 11.1 Å². The van der Waals surface area contributed by atoms with Crippen LogP contribution in [0.3, 0.4) is 0 Å². The lowest BCUT2D eigenvalue weighted by Gasteiger charge is -2.10. The van der Waals surface area contributed by atoms with E-state index in [9.17, 15) is 4.21 Å². The molecule has 66 valence electrons. The summed E-state index contributed by atoms with van der Waals surface area (Å²) < 4.78 is 19.2. The summed E-state index contributed by atoms with van der Waals surface area (Å²) in [5.41, 5.74) is 0.907. The van der Waals surface area contributed by atoms with Crippen molar-refractivity contribution in [3.8, 4) is 0 Å². The van der Waals surface area contributed by atoms with Crippen molar-refractivity contribution >= 4 is 16.8 Å². The second-order valence-electron chi connectivity index (χ2n) is 2.50. The van der Waals surface area contributed by atoms with Crippen LogP contribution in [0.25, 0.3) is 0 Å². The minimum absolute atomic E-state index is 0.181. The third-order valence-electron chi connectivity index (χ3n) is 1.42. The Morgan fingerprint density at radius 2 is 2.17 bits per heavy atom. The van der Waals surface area contributed by atoms with E-state index >= 15 is 0 Å². The first-order valence-electron chi connectivity index (χ1n) is 3.35. The molecule has 1 N–H and O–H groups in total. The number of rotatable bonds is 2. The van der Waals surface area contributed by atoms with Gasteiger partial charge in [0.15, 0.2) is 5.03 Å². The van der Waals surface area contributed by atoms with E-state index in [1.54, 1.807) is 12.3 Å². The normalized spacial score (nSPS) is 12.6. The minimum atomic E-state index is -1.98. The van der Waals surface area contributed by atoms with Crippen LogP contribution in [0, 0.1) is 0 Å². The van der Waals surface area contributed by atoms with Crippen LogP contribution in [0.4, 0.5) is 5.69 Å². The summed E-state index contributed by atoms with van der Waals surface area (Å²) in [5.74, 6) is 0. The Balaban J connectivity index is 2.93.